The van der Waals surface area contributed by atoms with Gasteiger partial charge in [-0.15, -0.1) is 0 Å². The molecule has 0 bridgehead atoms. The summed E-state index contributed by atoms with van der Waals surface area (Å²) in [4.78, 5) is 16.4. The molecular formula is C15H22FN3OS. The van der Waals surface area contributed by atoms with Crippen molar-refractivity contribution in [2.75, 3.05) is 18.1 Å². The molecule has 1 saturated carbocycles. The van der Waals surface area contributed by atoms with Crippen molar-refractivity contribution in [3.05, 3.63) is 23.6 Å². The Morgan fingerprint density at radius 1 is 1.48 bits per heavy atom. The van der Waals surface area contributed by atoms with Gasteiger partial charge in [-0.05, 0) is 32.1 Å². The molecule has 21 heavy (non-hydrogen) atoms. The quantitative estimate of drug-likeness (QED) is 0.877. The number of amides is 1. The number of aromatic nitrogens is 1. The fraction of sp³-hybridized carbons (Fsp3) is 0.600. The Bertz CT molecular complexity index is 498. The highest BCUT2D eigenvalue weighted by molar-refractivity contribution is 7.99. The number of carbonyl (C=O) groups excluding carboxylic acids is 1. The van der Waals surface area contributed by atoms with Gasteiger partial charge in [0, 0.05) is 17.8 Å². The third-order valence-electron chi connectivity index (χ3n) is 3.76. The molecule has 1 aromatic heterocycles. The fourth-order valence-electron chi connectivity index (χ4n) is 2.71. The number of thioether (sulfide) groups is 1. The summed E-state index contributed by atoms with van der Waals surface area (Å²) in [5, 5.41) is 6.50. The van der Waals surface area contributed by atoms with Gasteiger partial charge in [0.15, 0.2) is 0 Å². The summed E-state index contributed by atoms with van der Waals surface area (Å²) in [6.07, 6.45) is 7.64. The van der Waals surface area contributed by atoms with Crippen LogP contribution < -0.4 is 10.6 Å². The Morgan fingerprint density at radius 2 is 2.24 bits per heavy atom. The van der Waals surface area contributed by atoms with Crippen molar-refractivity contribution in [2.24, 2.45) is 0 Å². The van der Waals surface area contributed by atoms with Crippen molar-refractivity contribution in [3.8, 4) is 0 Å². The molecule has 1 amide bonds. The van der Waals surface area contributed by atoms with Crippen LogP contribution in [-0.4, -0.2) is 35.0 Å². The predicted molar refractivity (Wildman–Crippen MR) is 85.4 cm³/mol. The third-order valence-corrected chi connectivity index (χ3v) is 4.93. The van der Waals surface area contributed by atoms with Crippen LogP contribution in [0, 0.1) is 5.82 Å². The van der Waals surface area contributed by atoms with Crippen LogP contribution in [0.2, 0.25) is 0 Å². The Labute approximate surface area is 129 Å². The van der Waals surface area contributed by atoms with Crippen molar-refractivity contribution in [2.45, 2.75) is 43.9 Å². The summed E-state index contributed by atoms with van der Waals surface area (Å²) in [5.41, 5.74) is 0.280. The van der Waals surface area contributed by atoms with E-state index < -0.39 is 5.82 Å². The molecule has 0 spiro atoms. The maximum absolute atomic E-state index is 13.4. The monoisotopic (exact) mass is 311 g/mol. The summed E-state index contributed by atoms with van der Waals surface area (Å²) < 4.78 is 13.4. The van der Waals surface area contributed by atoms with E-state index >= 15 is 0 Å². The smallest absolute Gasteiger partial charge is 0.255 e. The second-order valence-electron chi connectivity index (χ2n) is 5.22. The van der Waals surface area contributed by atoms with Gasteiger partial charge < -0.3 is 10.6 Å². The SMILES string of the molecule is CCNc1ncc(F)cc1C(=O)NC1CCCCC1SC. The lowest BCUT2D eigenvalue weighted by atomic mass is 9.94. The van der Waals surface area contributed by atoms with Gasteiger partial charge in [0.1, 0.15) is 11.6 Å². The van der Waals surface area contributed by atoms with E-state index in [1.165, 1.54) is 12.5 Å². The van der Waals surface area contributed by atoms with Gasteiger partial charge >= 0.3 is 0 Å². The van der Waals surface area contributed by atoms with Crippen molar-refractivity contribution in [1.82, 2.24) is 10.3 Å². The van der Waals surface area contributed by atoms with Crippen LogP contribution in [0.25, 0.3) is 0 Å². The van der Waals surface area contributed by atoms with E-state index in [1.54, 1.807) is 11.8 Å². The van der Waals surface area contributed by atoms with E-state index in [0.29, 0.717) is 17.6 Å². The Kier molecular flexibility index (Phi) is 5.85. The first kappa shape index (κ1) is 16.1. The second kappa shape index (κ2) is 7.64. The summed E-state index contributed by atoms with van der Waals surface area (Å²) >= 11 is 1.79. The van der Waals surface area contributed by atoms with E-state index in [4.69, 9.17) is 0 Å². The van der Waals surface area contributed by atoms with Crippen LogP contribution in [0.15, 0.2) is 12.3 Å². The van der Waals surface area contributed by atoms with Crippen molar-refractivity contribution >= 4 is 23.5 Å². The lowest BCUT2D eigenvalue weighted by molar-refractivity contribution is 0.0929. The average molecular weight is 311 g/mol. The van der Waals surface area contributed by atoms with E-state index in [-0.39, 0.29) is 17.5 Å². The summed E-state index contributed by atoms with van der Waals surface area (Å²) in [6.45, 7) is 2.55. The third kappa shape index (κ3) is 4.09. The Morgan fingerprint density at radius 3 is 2.95 bits per heavy atom. The largest absolute Gasteiger partial charge is 0.370 e. The zero-order valence-corrected chi connectivity index (χ0v) is 13.3. The molecule has 1 aromatic rings. The number of hydrogen-bond acceptors (Lipinski definition) is 4. The van der Waals surface area contributed by atoms with Gasteiger partial charge in [-0.25, -0.2) is 9.37 Å². The molecule has 0 radical (unpaired) electrons. The van der Waals surface area contributed by atoms with Crippen LogP contribution in [-0.2, 0) is 0 Å². The van der Waals surface area contributed by atoms with E-state index in [0.717, 1.165) is 25.5 Å². The maximum atomic E-state index is 13.4. The maximum Gasteiger partial charge on any atom is 0.255 e. The molecule has 2 N–H and O–H groups in total. The number of anilines is 1. The zero-order chi connectivity index (χ0) is 15.2. The highest BCUT2D eigenvalue weighted by Crippen LogP contribution is 2.27. The molecule has 1 aliphatic rings. The molecular weight excluding hydrogens is 289 g/mol. The summed E-state index contributed by atoms with van der Waals surface area (Å²) in [5.74, 6) is -0.302. The van der Waals surface area contributed by atoms with Crippen LogP contribution in [0.3, 0.4) is 0 Å². The first-order valence-corrected chi connectivity index (χ1v) is 8.67. The van der Waals surface area contributed by atoms with E-state index in [1.807, 2.05) is 6.92 Å². The molecule has 0 aromatic carbocycles. The zero-order valence-electron chi connectivity index (χ0n) is 12.5. The van der Waals surface area contributed by atoms with E-state index in [9.17, 15) is 9.18 Å². The minimum absolute atomic E-state index is 0.152. The molecule has 1 fully saturated rings. The summed E-state index contributed by atoms with van der Waals surface area (Å²) in [6, 6.07) is 1.40. The van der Waals surface area contributed by atoms with Crippen LogP contribution in [0.1, 0.15) is 43.0 Å². The lowest BCUT2D eigenvalue weighted by Gasteiger charge is -2.31. The predicted octanol–water partition coefficient (Wildman–Crippen LogP) is 3.06. The van der Waals surface area contributed by atoms with Gasteiger partial charge in [-0.2, -0.15) is 11.8 Å². The van der Waals surface area contributed by atoms with Crippen molar-refractivity contribution in [1.29, 1.82) is 0 Å². The van der Waals surface area contributed by atoms with Crippen LogP contribution in [0.4, 0.5) is 10.2 Å². The molecule has 0 saturated heterocycles. The van der Waals surface area contributed by atoms with Gasteiger partial charge in [-0.3, -0.25) is 4.79 Å². The van der Waals surface area contributed by atoms with E-state index in [2.05, 4.69) is 21.9 Å². The minimum Gasteiger partial charge on any atom is -0.370 e. The molecule has 6 heteroatoms. The highest BCUT2D eigenvalue weighted by Gasteiger charge is 2.27. The normalized spacial score (nSPS) is 21.9. The number of nitrogens with one attached hydrogen (secondary N) is 2. The second-order valence-corrected chi connectivity index (χ2v) is 6.30. The first-order valence-electron chi connectivity index (χ1n) is 7.38. The van der Waals surface area contributed by atoms with Crippen LogP contribution >= 0.6 is 11.8 Å². The molecule has 116 valence electrons. The molecule has 1 aliphatic carbocycles. The van der Waals surface area contributed by atoms with Crippen LogP contribution in [0.5, 0.6) is 0 Å². The first-order chi connectivity index (χ1) is 10.2. The molecule has 1 heterocycles. The van der Waals surface area contributed by atoms with Gasteiger partial charge in [0.05, 0.1) is 11.8 Å². The number of nitrogens with zero attached hydrogens (tertiary/aromatic N) is 1. The average Bonchev–Trinajstić information content (AvgIpc) is 2.49. The number of carbonyl (C=O) groups is 1. The standard InChI is InChI=1S/C15H22FN3OS/c1-3-17-14-11(8-10(16)9-18-14)15(20)19-12-6-4-5-7-13(12)21-2/h8-9,12-13H,3-7H2,1-2H3,(H,17,18)(H,19,20). The van der Waals surface area contributed by atoms with Gasteiger partial charge in [-0.1, -0.05) is 12.8 Å². The fourth-order valence-corrected chi connectivity index (χ4v) is 3.65. The summed E-state index contributed by atoms with van der Waals surface area (Å²) in [7, 11) is 0. The highest BCUT2D eigenvalue weighted by atomic mass is 32.2. The number of hydrogen-bond donors (Lipinski definition) is 2. The number of pyridine rings is 1. The van der Waals surface area contributed by atoms with Crippen molar-refractivity contribution in [3.63, 3.8) is 0 Å². The van der Waals surface area contributed by atoms with Crippen molar-refractivity contribution < 1.29 is 9.18 Å². The molecule has 2 rings (SSSR count). The molecule has 2 unspecified atom stereocenters. The number of halogens is 1. The molecule has 0 aliphatic heterocycles. The number of rotatable bonds is 5. The Hall–Kier alpha value is -1.30. The molecule has 4 nitrogen and oxygen atoms in total. The Balaban J connectivity index is 2.13. The lowest BCUT2D eigenvalue weighted by Crippen LogP contribution is -2.43. The van der Waals surface area contributed by atoms with Gasteiger partial charge in [0.25, 0.3) is 5.91 Å². The van der Waals surface area contributed by atoms with Gasteiger partial charge in [0.2, 0.25) is 0 Å². The minimum atomic E-state index is -0.494. The molecule has 2 atom stereocenters. The topological polar surface area (TPSA) is 54.0 Å².